The number of hydrogen-bond acceptors (Lipinski definition) is 11. The Balaban J connectivity index is 1.56. The van der Waals surface area contributed by atoms with E-state index in [2.05, 4.69) is 4.98 Å². The SMILES string of the molecule is O=C(OC[C@H]1O[C@@H](n2c(=O)[nH]cc([N+](=O)[O-])c2=O)[C@H](OC(=O)c2ccccc2)[C@@H]1OC(=O)c1ccccc1)c1ccccc1. The van der Waals surface area contributed by atoms with Crippen LogP contribution in [0.2, 0.25) is 0 Å². The van der Waals surface area contributed by atoms with Crippen LogP contribution in [-0.4, -0.2) is 57.3 Å². The van der Waals surface area contributed by atoms with E-state index in [1.807, 2.05) is 0 Å². The van der Waals surface area contributed by atoms with Crippen molar-refractivity contribution in [2.45, 2.75) is 24.5 Å². The van der Waals surface area contributed by atoms with E-state index in [0.29, 0.717) is 10.8 Å². The summed E-state index contributed by atoms with van der Waals surface area (Å²) in [6, 6.07) is 23.3. The number of esters is 3. The van der Waals surface area contributed by atoms with Gasteiger partial charge in [-0.05, 0) is 36.4 Å². The third-order valence-electron chi connectivity index (χ3n) is 6.62. The van der Waals surface area contributed by atoms with Crippen molar-refractivity contribution < 1.29 is 38.3 Å². The first-order valence-electron chi connectivity index (χ1n) is 13.1. The van der Waals surface area contributed by atoms with Gasteiger partial charge in [0.2, 0.25) is 0 Å². The minimum Gasteiger partial charge on any atom is -0.459 e. The molecule has 224 valence electrons. The molecule has 4 aromatic rings. The van der Waals surface area contributed by atoms with Crippen LogP contribution in [0.4, 0.5) is 5.69 Å². The van der Waals surface area contributed by atoms with Crippen LogP contribution in [0.15, 0.2) is 107 Å². The molecule has 1 saturated heterocycles. The lowest BCUT2D eigenvalue weighted by atomic mass is 10.1. The number of aromatic amines is 1. The minimum absolute atomic E-state index is 0.0682. The van der Waals surface area contributed by atoms with Gasteiger partial charge in [-0.1, -0.05) is 54.6 Å². The number of carbonyl (C=O) groups excluding carboxylic acids is 3. The van der Waals surface area contributed by atoms with Crippen LogP contribution in [0, 0.1) is 10.1 Å². The Morgan fingerprint density at radius 3 is 1.75 bits per heavy atom. The average molecular weight is 602 g/mol. The van der Waals surface area contributed by atoms with Gasteiger partial charge >= 0.3 is 34.8 Å². The summed E-state index contributed by atoms with van der Waals surface area (Å²) in [5, 5.41) is 11.5. The molecule has 0 unspecified atom stereocenters. The van der Waals surface area contributed by atoms with Gasteiger partial charge in [0.1, 0.15) is 12.7 Å². The molecule has 2 heterocycles. The molecule has 0 saturated carbocycles. The van der Waals surface area contributed by atoms with E-state index in [4.69, 9.17) is 18.9 Å². The molecule has 44 heavy (non-hydrogen) atoms. The van der Waals surface area contributed by atoms with E-state index in [9.17, 15) is 34.1 Å². The van der Waals surface area contributed by atoms with Crippen LogP contribution in [0.5, 0.6) is 0 Å². The molecule has 0 spiro atoms. The number of H-pyrrole nitrogens is 1. The van der Waals surface area contributed by atoms with Gasteiger partial charge in [-0.25, -0.2) is 23.7 Å². The molecular formula is C30H23N3O11. The Labute approximate surface area is 247 Å². The number of hydrogen-bond donors (Lipinski definition) is 1. The number of ether oxygens (including phenoxy) is 4. The molecule has 14 nitrogen and oxygen atoms in total. The van der Waals surface area contributed by atoms with Crippen LogP contribution < -0.4 is 11.2 Å². The fraction of sp³-hybridized carbons (Fsp3) is 0.167. The number of rotatable bonds is 9. The predicted octanol–water partition coefficient (Wildman–Crippen LogP) is 2.65. The van der Waals surface area contributed by atoms with Crippen molar-refractivity contribution in [1.29, 1.82) is 0 Å². The molecule has 4 atom stereocenters. The molecule has 5 rings (SSSR count). The first-order valence-corrected chi connectivity index (χ1v) is 13.1. The van der Waals surface area contributed by atoms with Gasteiger partial charge in [0.15, 0.2) is 18.4 Å². The zero-order valence-corrected chi connectivity index (χ0v) is 22.6. The smallest absolute Gasteiger partial charge is 0.350 e. The molecule has 3 aromatic carbocycles. The molecule has 1 aliphatic heterocycles. The van der Waals surface area contributed by atoms with Gasteiger partial charge in [0, 0.05) is 0 Å². The highest BCUT2D eigenvalue weighted by Crippen LogP contribution is 2.34. The monoisotopic (exact) mass is 601 g/mol. The first-order chi connectivity index (χ1) is 21.2. The number of carbonyl (C=O) groups is 3. The molecule has 1 aromatic heterocycles. The normalized spacial score (nSPS) is 19.1. The van der Waals surface area contributed by atoms with Crippen molar-refractivity contribution in [3.63, 3.8) is 0 Å². The summed E-state index contributed by atoms with van der Waals surface area (Å²) < 4.78 is 23.1. The lowest BCUT2D eigenvalue weighted by molar-refractivity contribution is -0.387. The second-order valence-electron chi connectivity index (χ2n) is 9.41. The van der Waals surface area contributed by atoms with E-state index in [0.717, 1.165) is 0 Å². The zero-order valence-electron chi connectivity index (χ0n) is 22.6. The highest BCUT2D eigenvalue weighted by atomic mass is 16.7. The third kappa shape index (κ3) is 6.29. The largest absolute Gasteiger partial charge is 0.459 e. The van der Waals surface area contributed by atoms with Crippen molar-refractivity contribution in [3.05, 3.63) is 145 Å². The Morgan fingerprint density at radius 2 is 1.25 bits per heavy atom. The Bertz CT molecular complexity index is 1790. The van der Waals surface area contributed by atoms with Crippen molar-refractivity contribution in [2.24, 2.45) is 0 Å². The van der Waals surface area contributed by atoms with Crippen LogP contribution >= 0.6 is 0 Å². The molecule has 0 aliphatic carbocycles. The highest BCUT2D eigenvalue weighted by Gasteiger charge is 2.52. The number of nitrogens with one attached hydrogen (secondary N) is 1. The van der Waals surface area contributed by atoms with Crippen molar-refractivity contribution >= 4 is 23.6 Å². The van der Waals surface area contributed by atoms with Crippen molar-refractivity contribution in [2.75, 3.05) is 6.61 Å². The maximum Gasteiger partial charge on any atom is 0.350 e. The summed E-state index contributed by atoms with van der Waals surface area (Å²) in [4.78, 5) is 77.7. The third-order valence-corrected chi connectivity index (χ3v) is 6.62. The first kappa shape index (κ1) is 29.6. The van der Waals surface area contributed by atoms with Crippen LogP contribution in [0.3, 0.4) is 0 Å². The second kappa shape index (κ2) is 13.0. The number of benzene rings is 3. The van der Waals surface area contributed by atoms with E-state index in [-0.39, 0.29) is 16.7 Å². The van der Waals surface area contributed by atoms with E-state index >= 15 is 0 Å². The van der Waals surface area contributed by atoms with Crippen LogP contribution in [0.1, 0.15) is 37.3 Å². The topological polar surface area (TPSA) is 186 Å². The summed E-state index contributed by atoms with van der Waals surface area (Å²) in [6.07, 6.45) is -5.90. The quantitative estimate of drug-likeness (QED) is 0.129. The molecule has 0 bridgehead atoms. The molecule has 1 fully saturated rings. The number of nitrogens with zero attached hydrogens (tertiary/aromatic N) is 2. The molecule has 1 N–H and O–H groups in total. The lowest BCUT2D eigenvalue weighted by Gasteiger charge is -2.24. The Hall–Kier alpha value is -5.89. The van der Waals surface area contributed by atoms with E-state index in [1.165, 1.54) is 36.4 Å². The highest BCUT2D eigenvalue weighted by molar-refractivity contribution is 5.91. The fourth-order valence-corrected chi connectivity index (χ4v) is 4.50. The maximum absolute atomic E-state index is 13.2. The molecular weight excluding hydrogens is 578 g/mol. The summed E-state index contributed by atoms with van der Waals surface area (Å²) in [6.45, 7) is -0.585. The number of aromatic nitrogens is 2. The number of nitro groups is 1. The molecule has 1 aliphatic rings. The van der Waals surface area contributed by atoms with Gasteiger partial charge < -0.3 is 23.9 Å². The lowest BCUT2D eigenvalue weighted by Crippen LogP contribution is -2.46. The Kier molecular flexibility index (Phi) is 8.72. The van der Waals surface area contributed by atoms with Gasteiger partial charge in [0.25, 0.3) is 0 Å². The predicted molar refractivity (Wildman–Crippen MR) is 150 cm³/mol. The zero-order chi connectivity index (χ0) is 31.2. The van der Waals surface area contributed by atoms with E-state index in [1.54, 1.807) is 54.6 Å². The minimum atomic E-state index is -1.84. The summed E-state index contributed by atoms with van der Waals surface area (Å²) in [5.74, 6) is -2.60. The molecule has 14 heteroatoms. The van der Waals surface area contributed by atoms with Crippen molar-refractivity contribution in [1.82, 2.24) is 9.55 Å². The van der Waals surface area contributed by atoms with Gasteiger partial charge in [-0.3, -0.25) is 14.9 Å². The van der Waals surface area contributed by atoms with E-state index < -0.39 is 70.9 Å². The molecule has 0 amide bonds. The summed E-state index contributed by atoms with van der Waals surface area (Å²) >= 11 is 0. The summed E-state index contributed by atoms with van der Waals surface area (Å²) in [5.41, 5.74) is -3.15. The van der Waals surface area contributed by atoms with Gasteiger partial charge in [-0.15, -0.1) is 0 Å². The average Bonchev–Trinajstić information content (AvgIpc) is 3.36. The van der Waals surface area contributed by atoms with Gasteiger partial charge in [0.05, 0.1) is 27.8 Å². The maximum atomic E-state index is 13.2. The van der Waals surface area contributed by atoms with Crippen LogP contribution in [0.25, 0.3) is 0 Å². The summed E-state index contributed by atoms with van der Waals surface area (Å²) in [7, 11) is 0. The standard InChI is InChI=1S/C30H23N3O11/c34-25-21(33(39)40)16-31-30(38)32(25)26-24(44-29(37)20-14-8-3-9-15-20)23(43-28(36)19-12-6-2-7-13-19)22(42-26)17-41-27(35)18-10-4-1-5-11-18/h1-16,22-24,26H,17H2,(H,31,38)/t22-,23-,24-,26-/m1/s1. The van der Waals surface area contributed by atoms with Crippen LogP contribution in [-0.2, 0) is 18.9 Å². The Morgan fingerprint density at radius 1 is 0.773 bits per heavy atom. The fourth-order valence-electron chi connectivity index (χ4n) is 4.50. The van der Waals surface area contributed by atoms with Crippen molar-refractivity contribution in [3.8, 4) is 0 Å². The van der Waals surface area contributed by atoms with Gasteiger partial charge in [-0.2, -0.15) is 0 Å². The second-order valence-corrected chi connectivity index (χ2v) is 9.41. The molecule has 0 radical (unpaired) electrons.